The summed E-state index contributed by atoms with van der Waals surface area (Å²) in [7, 11) is 0. The number of nitrogens with zero attached hydrogens (tertiary/aromatic N) is 4. The lowest BCUT2D eigenvalue weighted by Crippen LogP contribution is -2.39. The molecule has 0 atom stereocenters. The molecule has 1 fully saturated rings. The van der Waals surface area contributed by atoms with Gasteiger partial charge in [-0.15, -0.1) is 0 Å². The normalized spacial score (nSPS) is 15.4. The van der Waals surface area contributed by atoms with E-state index < -0.39 is 0 Å². The molecule has 1 N–H and O–H groups in total. The maximum atomic E-state index is 13.4. The lowest BCUT2D eigenvalue weighted by molar-refractivity contribution is -0.131. The molecule has 6 nitrogen and oxygen atoms in total. The number of aromatic nitrogens is 4. The van der Waals surface area contributed by atoms with E-state index in [2.05, 4.69) is 15.0 Å². The van der Waals surface area contributed by atoms with Crippen molar-refractivity contribution in [1.29, 1.82) is 0 Å². The van der Waals surface area contributed by atoms with Crippen molar-refractivity contribution < 1.29 is 9.18 Å². The Morgan fingerprint density at radius 3 is 2.86 bits per heavy atom. The Morgan fingerprint density at radius 2 is 2.03 bits per heavy atom. The third-order valence-corrected chi connectivity index (χ3v) is 5.69. The Bertz CT molecular complexity index is 1200. The smallest absolute Gasteiger partial charge is 0.228 e. The number of hydrogen-bond acceptors (Lipinski definition) is 3. The number of carbonyl (C=O) groups excluding carboxylic acids is 1. The van der Waals surface area contributed by atoms with Gasteiger partial charge in [0.15, 0.2) is 0 Å². The molecule has 0 unspecified atom stereocenters. The van der Waals surface area contributed by atoms with Crippen LogP contribution in [0.2, 0.25) is 0 Å². The van der Waals surface area contributed by atoms with Crippen molar-refractivity contribution in [3.63, 3.8) is 0 Å². The summed E-state index contributed by atoms with van der Waals surface area (Å²) in [6.45, 7) is 3.42. The summed E-state index contributed by atoms with van der Waals surface area (Å²) < 4.78 is 15.3. The number of benzene rings is 1. The zero-order valence-corrected chi connectivity index (χ0v) is 16.2. The molecule has 3 aromatic heterocycles. The summed E-state index contributed by atoms with van der Waals surface area (Å²) in [6.07, 6.45) is 5.90. The van der Waals surface area contributed by atoms with Crippen LogP contribution in [0.3, 0.4) is 0 Å². The number of aryl methyl sites for hydroxylation is 1. The van der Waals surface area contributed by atoms with Crippen molar-refractivity contribution in [3.05, 3.63) is 65.6 Å². The monoisotopic (exact) mass is 391 g/mol. The van der Waals surface area contributed by atoms with Crippen molar-refractivity contribution in [2.75, 3.05) is 13.1 Å². The molecule has 0 aliphatic carbocycles. The fraction of sp³-hybridized carbons (Fsp3) is 0.318. The quantitative estimate of drug-likeness (QED) is 0.580. The number of carbonyl (C=O) groups is 1. The second-order valence-corrected chi connectivity index (χ2v) is 7.82. The summed E-state index contributed by atoms with van der Waals surface area (Å²) in [6, 6.07) is 8.63. The maximum absolute atomic E-state index is 13.4. The van der Waals surface area contributed by atoms with Gasteiger partial charge in [-0.05, 0) is 55.7 Å². The number of fused-ring (bicyclic) bond motifs is 2. The highest BCUT2D eigenvalue weighted by Crippen LogP contribution is 2.28. The zero-order chi connectivity index (χ0) is 20.0. The van der Waals surface area contributed by atoms with E-state index in [0.29, 0.717) is 19.5 Å². The molecule has 1 saturated heterocycles. The Kier molecular flexibility index (Phi) is 4.30. The van der Waals surface area contributed by atoms with Crippen molar-refractivity contribution in [3.8, 4) is 0 Å². The summed E-state index contributed by atoms with van der Waals surface area (Å²) >= 11 is 0. The van der Waals surface area contributed by atoms with Crippen molar-refractivity contribution >= 4 is 22.6 Å². The number of rotatable bonds is 3. The van der Waals surface area contributed by atoms with E-state index in [1.165, 1.54) is 12.1 Å². The van der Waals surface area contributed by atoms with Gasteiger partial charge in [0, 0.05) is 31.4 Å². The van der Waals surface area contributed by atoms with E-state index in [1.54, 1.807) is 6.07 Å². The molecule has 1 aliphatic rings. The molecule has 0 radical (unpaired) electrons. The number of amides is 1. The highest BCUT2D eigenvalue weighted by Gasteiger charge is 2.26. The number of hydrogen-bond donors (Lipinski definition) is 1. The van der Waals surface area contributed by atoms with Crippen LogP contribution in [-0.4, -0.2) is 43.2 Å². The zero-order valence-electron chi connectivity index (χ0n) is 16.2. The lowest BCUT2D eigenvalue weighted by atomic mass is 9.96. The summed E-state index contributed by atoms with van der Waals surface area (Å²) in [5.74, 6) is 0.978. The predicted octanol–water partition coefficient (Wildman–Crippen LogP) is 3.61. The number of likely N-dealkylation sites (tertiary alicyclic amines) is 1. The van der Waals surface area contributed by atoms with Gasteiger partial charge >= 0.3 is 0 Å². The van der Waals surface area contributed by atoms with Crippen LogP contribution in [0.15, 0.2) is 42.7 Å². The van der Waals surface area contributed by atoms with Gasteiger partial charge in [-0.25, -0.2) is 14.4 Å². The summed E-state index contributed by atoms with van der Waals surface area (Å²) in [5.41, 5.74) is 4.31. The maximum Gasteiger partial charge on any atom is 0.228 e. The Hall–Kier alpha value is -3.22. The molecule has 1 aliphatic heterocycles. The van der Waals surface area contributed by atoms with Crippen molar-refractivity contribution in [2.45, 2.75) is 32.1 Å². The molecular formula is C22H22FN5O. The second-order valence-electron chi connectivity index (χ2n) is 7.82. The first-order chi connectivity index (χ1) is 14.0. The fourth-order valence-corrected chi connectivity index (χ4v) is 4.09. The van der Waals surface area contributed by atoms with Crippen LogP contribution in [0.1, 0.15) is 35.8 Å². The summed E-state index contributed by atoms with van der Waals surface area (Å²) in [4.78, 5) is 27.1. The highest BCUT2D eigenvalue weighted by atomic mass is 19.1. The molecule has 0 spiro atoms. The van der Waals surface area contributed by atoms with Gasteiger partial charge < -0.3 is 14.3 Å². The van der Waals surface area contributed by atoms with E-state index in [1.807, 2.05) is 40.8 Å². The molecule has 1 amide bonds. The number of pyridine rings is 1. The van der Waals surface area contributed by atoms with Gasteiger partial charge in [0.25, 0.3) is 0 Å². The first kappa shape index (κ1) is 17.8. The van der Waals surface area contributed by atoms with Gasteiger partial charge in [-0.2, -0.15) is 0 Å². The molecule has 4 aromatic rings. The van der Waals surface area contributed by atoms with Gasteiger partial charge in [0.1, 0.15) is 17.3 Å². The third kappa shape index (κ3) is 3.48. The Morgan fingerprint density at radius 1 is 1.21 bits per heavy atom. The van der Waals surface area contributed by atoms with E-state index in [0.717, 1.165) is 46.6 Å². The Labute approximate surface area is 167 Å². The molecule has 5 rings (SSSR count). The van der Waals surface area contributed by atoms with Crippen LogP contribution in [0.25, 0.3) is 16.7 Å². The van der Waals surface area contributed by atoms with Crippen molar-refractivity contribution in [2.24, 2.45) is 0 Å². The number of imidazole rings is 2. The largest absolute Gasteiger partial charge is 0.342 e. The van der Waals surface area contributed by atoms with Gasteiger partial charge in [0.2, 0.25) is 5.91 Å². The molecule has 148 valence electrons. The third-order valence-electron chi connectivity index (χ3n) is 5.69. The highest BCUT2D eigenvalue weighted by molar-refractivity contribution is 5.78. The first-order valence-corrected chi connectivity index (χ1v) is 9.92. The van der Waals surface area contributed by atoms with Crippen LogP contribution in [0.5, 0.6) is 0 Å². The minimum Gasteiger partial charge on any atom is -0.342 e. The number of aromatic amines is 1. The van der Waals surface area contributed by atoms with Gasteiger partial charge in [-0.3, -0.25) is 4.79 Å². The number of nitrogens with one attached hydrogen (secondary N) is 1. The molecule has 0 saturated carbocycles. The van der Waals surface area contributed by atoms with Crippen LogP contribution in [0.4, 0.5) is 4.39 Å². The van der Waals surface area contributed by atoms with Crippen LogP contribution >= 0.6 is 0 Å². The number of piperidine rings is 1. The minimum absolute atomic E-state index is 0.107. The van der Waals surface area contributed by atoms with E-state index >= 15 is 0 Å². The van der Waals surface area contributed by atoms with E-state index in [-0.39, 0.29) is 17.6 Å². The minimum atomic E-state index is -0.268. The fourth-order valence-electron chi connectivity index (χ4n) is 4.09. The van der Waals surface area contributed by atoms with E-state index in [4.69, 9.17) is 0 Å². The second kappa shape index (κ2) is 6.99. The number of halogens is 1. The lowest BCUT2D eigenvalue weighted by Gasteiger charge is -2.31. The van der Waals surface area contributed by atoms with Crippen LogP contribution in [0, 0.1) is 12.7 Å². The molecule has 0 bridgehead atoms. The SMILES string of the molecule is Cc1ccn2cc(CC(=O)N3CCC(c4nc5ccc(F)cc5[nH]4)CC3)nc2c1. The topological polar surface area (TPSA) is 66.3 Å². The average molecular weight is 391 g/mol. The summed E-state index contributed by atoms with van der Waals surface area (Å²) in [5, 5.41) is 0. The molecule has 29 heavy (non-hydrogen) atoms. The van der Waals surface area contributed by atoms with Crippen molar-refractivity contribution in [1.82, 2.24) is 24.3 Å². The first-order valence-electron chi connectivity index (χ1n) is 9.92. The Balaban J connectivity index is 1.23. The van der Waals surface area contributed by atoms with Crippen LogP contribution < -0.4 is 0 Å². The van der Waals surface area contributed by atoms with E-state index in [9.17, 15) is 9.18 Å². The molecular weight excluding hydrogens is 369 g/mol. The number of H-pyrrole nitrogens is 1. The molecule has 1 aromatic carbocycles. The molecule has 4 heterocycles. The molecule has 7 heteroatoms. The van der Waals surface area contributed by atoms with Gasteiger partial charge in [0.05, 0.1) is 23.1 Å². The van der Waals surface area contributed by atoms with Crippen LogP contribution in [-0.2, 0) is 11.2 Å². The van der Waals surface area contributed by atoms with Gasteiger partial charge in [-0.1, -0.05) is 0 Å². The standard InChI is InChI=1S/C22H22FN5O/c1-14-4-7-28-13-17(24-20(28)10-14)12-21(29)27-8-5-15(6-9-27)22-25-18-3-2-16(23)11-19(18)26-22/h2-4,7,10-11,13,15H,5-6,8-9,12H2,1H3,(H,25,26). The average Bonchev–Trinajstić information content (AvgIpc) is 3.30. The predicted molar refractivity (Wildman–Crippen MR) is 108 cm³/mol.